The molecule has 0 fully saturated rings. The number of amides is 1. The van der Waals surface area contributed by atoms with Crippen LogP contribution >= 0.6 is 39.1 Å². The highest BCUT2D eigenvalue weighted by Gasteiger charge is 2.13. The van der Waals surface area contributed by atoms with Crippen LogP contribution in [0.15, 0.2) is 76.4 Å². The molecule has 3 aromatic carbocycles. The van der Waals surface area contributed by atoms with Gasteiger partial charge in [0.2, 0.25) is 0 Å². The van der Waals surface area contributed by atoms with E-state index in [-0.39, 0.29) is 5.91 Å². The Bertz CT molecular complexity index is 1330. The smallest absolute Gasteiger partial charge is 0.275 e. The summed E-state index contributed by atoms with van der Waals surface area (Å²) in [6, 6.07) is 18.7. The third kappa shape index (κ3) is 4.83. The number of carbonyl (C=O) groups excluding carboxylic acids is 1. The van der Waals surface area contributed by atoms with Gasteiger partial charge in [0.05, 0.1) is 18.9 Å². The summed E-state index contributed by atoms with van der Waals surface area (Å²) in [6.07, 6.45) is 3.61. The molecule has 0 bridgehead atoms. The summed E-state index contributed by atoms with van der Waals surface area (Å²) in [5.74, 6) is 0.105. The maximum Gasteiger partial charge on any atom is 0.275 e. The third-order valence-electron chi connectivity index (χ3n) is 4.95. The number of hydrogen-bond donors (Lipinski definition) is 1. The van der Waals surface area contributed by atoms with Crippen LogP contribution in [0.3, 0.4) is 0 Å². The molecule has 1 aromatic heterocycles. The summed E-state index contributed by atoms with van der Waals surface area (Å²) in [5.41, 5.74) is 5.81. The summed E-state index contributed by atoms with van der Waals surface area (Å²) in [5, 5.41) is 6.39. The van der Waals surface area contributed by atoms with Gasteiger partial charge in [-0.1, -0.05) is 63.4 Å². The van der Waals surface area contributed by atoms with E-state index in [1.54, 1.807) is 30.5 Å². The fourth-order valence-corrected chi connectivity index (χ4v) is 4.25. The first-order valence-electron chi connectivity index (χ1n) is 9.65. The summed E-state index contributed by atoms with van der Waals surface area (Å²) in [7, 11) is 1.52. The Morgan fingerprint density at radius 1 is 1.16 bits per heavy atom. The Labute approximate surface area is 203 Å². The molecule has 8 heteroatoms. The Kier molecular flexibility index (Phi) is 6.84. The van der Waals surface area contributed by atoms with Gasteiger partial charge in [-0.15, -0.1) is 0 Å². The van der Waals surface area contributed by atoms with Gasteiger partial charge in [0, 0.05) is 43.7 Å². The maximum absolute atomic E-state index is 12.6. The predicted octanol–water partition coefficient (Wildman–Crippen LogP) is 6.53. The topological polar surface area (TPSA) is 55.6 Å². The number of halogens is 3. The first-order chi connectivity index (χ1) is 15.5. The average Bonchev–Trinajstić information content (AvgIpc) is 3.13. The zero-order valence-corrected chi connectivity index (χ0v) is 20.1. The molecular weight excluding hydrogens is 513 g/mol. The minimum absolute atomic E-state index is 0.365. The lowest BCUT2D eigenvalue weighted by Crippen LogP contribution is -2.18. The Morgan fingerprint density at radius 2 is 1.97 bits per heavy atom. The monoisotopic (exact) mass is 529 g/mol. The van der Waals surface area contributed by atoms with Crippen LogP contribution in [0.1, 0.15) is 21.5 Å². The number of rotatable bonds is 6. The number of aromatic nitrogens is 1. The van der Waals surface area contributed by atoms with Gasteiger partial charge in [0.1, 0.15) is 5.75 Å². The quantitative estimate of drug-likeness (QED) is 0.227. The van der Waals surface area contributed by atoms with Crippen molar-refractivity contribution in [1.29, 1.82) is 0 Å². The number of fused-ring (bicyclic) bond motifs is 1. The predicted molar refractivity (Wildman–Crippen MR) is 133 cm³/mol. The molecule has 0 atom stereocenters. The van der Waals surface area contributed by atoms with Crippen LogP contribution in [0.5, 0.6) is 5.75 Å². The Balaban J connectivity index is 1.59. The fourth-order valence-electron chi connectivity index (χ4n) is 3.42. The number of methoxy groups -OCH3 is 1. The van der Waals surface area contributed by atoms with Crippen LogP contribution in [0, 0.1) is 0 Å². The summed E-state index contributed by atoms with van der Waals surface area (Å²) in [4.78, 5) is 12.6. The maximum atomic E-state index is 12.6. The van der Waals surface area contributed by atoms with E-state index in [1.165, 1.54) is 7.11 Å². The lowest BCUT2D eigenvalue weighted by atomic mass is 10.2. The highest BCUT2D eigenvalue weighted by atomic mass is 79.9. The highest BCUT2D eigenvalue weighted by Crippen LogP contribution is 2.26. The lowest BCUT2D eigenvalue weighted by Gasteiger charge is -2.08. The summed E-state index contributed by atoms with van der Waals surface area (Å²) in [6.45, 7) is 0.575. The molecule has 0 aliphatic carbocycles. The molecule has 0 saturated carbocycles. The summed E-state index contributed by atoms with van der Waals surface area (Å²) < 4.78 is 8.13. The van der Waals surface area contributed by atoms with Crippen molar-refractivity contribution in [3.8, 4) is 5.75 Å². The number of nitrogens with zero attached hydrogens (tertiary/aromatic N) is 2. The van der Waals surface area contributed by atoms with Crippen LogP contribution < -0.4 is 10.2 Å². The van der Waals surface area contributed by atoms with Crippen molar-refractivity contribution in [2.45, 2.75) is 6.54 Å². The number of ether oxygens (including phenoxy) is 1. The van der Waals surface area contributed by atoms with E-state index in [4.69, 9.17) is 27.9 Å². The van der Waals surface area contributed by atoms with Gasteiger partial charge in [-0.25, -0.2) is 5.43 Å². The van der Waals surface area contributed by atoms with E-state index >= 15 is 0 Å². The van der Waals surface area contributed by atoms with E-state index in [0.29, 0.717) is 27.9 Å². The molecule has 32 heavy (non-hydrogen) atoms. The van der Waals surface area contributed by atoms with Crippen LogP contribution in [0.4, 0.5) is 0 Å². The third-order valence-corrected chi connectivity index (χ3v) is 6.03. The molecule has 162 valence electrons. The van der Waals surface area contributed by atoms with E-state index < -0.39 is 0 Å². The van der Waals surface area contributed by atoms with E-state index in [0.717, 1.165) is 26.5 Å². The van der Waals surface area contributed by atoms with E-state index in [1.807, 2.05) is 42.6 Å². The van der Waals surface area contributed by atoms with Gasteiger partial charge in [-0.3, -0.25) is 4.79 Å². The van der Waals surface area contributed by atoms with Crippen molar-refractivity contribution in [2.24, 2.45) is 5.10 Å². The van der Waals surface area contributed by atoms with Crippen molar-refractivity contribution in [1.82, 2.24) is 9.99 Å². The number of nitrogens with one attached hydrogen (secondary N) is 1. The zero-order chi connectivity index (χ0) is 22.7. The number of para-hydroxylation sites is 1. The molecule has 0 spiro atoms. The second-order valence-corrected chi connectivity index (χ2v) is 8.77. The largest absolute Gasteiger partial charge is 0.496 e. The van der Waals surface area contributed by atoms with Crippen LogP contribution in [0.25, 0.3) is 10.9 Å². The van der Waals surface area contributed by atoms with Crippen LogP contribution in [-0.4, -0.2) is 23.8 Å². The minimum Gasteiger partial charge on any atom is -0.496 e. The van der Waals surface area contributed by atoms with Gasteiger partial charge in [0.25, 0.3) is 5.91 Å². The SMILES string of the molecule is COc1ccc(Br)cc1C(=O)N/N=C\c1cn(Cc2ccc(Cl)cc2Cl)c2ccccc12. The van der Waals surface area contributed by atoms with Crippen molar-refractivity contribution in [2.75, 3.05) is 7.11 Å². The molecule has 1 heterocycles. The molecule has 0 aliphatic rings. The molecule has 4 aromatic rings. The standard InChI is InChI=1S/C24H18BrCl2N3O2/c1-32-23-9-7-17(25)10-20(23)24(31)29-28-12-16-14-30(22-5-3-2-4-19(16)22)13-15-6-8-18(26)11-21(15)27/h2-12,14H,13H2,1H3,(H,29,31)/b28-12-. The molecular formula is C24H18BrCl2N3O2. The van der Waals surface area contributed by atoms with Crippen molar-refractivity contribution < 1.29 is 9.53 Å². The average molecular weight is 531 g/mol. The molecule has 0 saturated heterocycles. The molecule has 1 N–H and O–H groups in total. The highest BCUT2D eigenvalue weighted by molar-refractivity contribution is 9.10. The van der Waals surface area contributed by atoms with Gasteiger partial charge in [0.15, 0.2) is 0 Å². The molecule has 4 rings (SSSR count). The second kappa shape index (κ2) is 9.77. The van der Waals surface area contributed by atoms with Crippen LogP contribution in [0.2, 0.25) is 10.0 Å². The second-order valence-electron chi connectivity index (χ2n) is 7.01. The van der Waals surface area contributed by atoms with E-state index in [2.05, 4.69) is 31.0 Å². The molecule has 0 aliphatic heterocycles. The molecule has 5 nitrogen and oxygen atoms in total. The van der Waals surface area contributed by atoms with Gasteiger partial charge in [-0.2, -0.15) is 5.10 Å². The normalized spacial score (nSPS) is 11.2. The Hall–Kier alpha value is -2.80. The zero-order valence-electron chi connectivity index (χ0n) is 17.0. The lowest BCUT2D eigenvalue weighted by molar-refractivity contribution is 0.0952. The molecule has 1 amide bonds. The first-order valence-corrected chi connectivity index (χ1v) is 11.2. The van der Waals surface area contributed by atoms with Gasteiger partial charge < -0.3 is 9.30 Å². The van der Waals surface area contributed by atoms with Crippen molar-refractivity contribution in [3.05, 3.63) is 98.1 Å². The number of hydrazone groups is 1. The van der Waals surface area contributed by atoms with Crippen molar-refractivity contribution >= 4 is 62.2 Å². The van der Waals surface area contributed by atoms with Gasteiger partial charge >= 0.3 is 0 Å². The van der Waals surface area contributed by atoms with E-state index in [9.17, 15) is 4.79 Å². The summed E-state index contributed by atoms with van der Waals surface area (Å²) >= 11 is 15.8. The Morgan fingerprint density at radius 3 is 2.75 bits per heavy atom. The number of carbonyl (C=O) groups is 1. The number of benzene rings is 3. The van der Waals surface area contributed by atoms with Gasteiger partial charge in [-0.05, 0) is 42.0 Å². The van der Waals surface area contributed by atoms with Crippen molar-refractivity contribution in [3.63, 3.8) is 0 Å². The molecule has 0 unspecified atom stereocenters. The minimum atomic E-state index is -0.365. The fraction of sp³-hybridized carbons (Fsp3) is 0.0833. The first kappa shape index (κ1) is 22.4. The number of hydrogen-bond acceptors (Lipinski definition) is 3. The van der Waals surface area contributed by atoms with Crippen LogP contribution in [-0.2, 0) is 6.54 Å². The molecule has 0 radical (unpaired) electrons.